The van der Waals surface area contributed by atoms with Gasteiger partial charge in [0.1, 0.15) is 12.4 Å². The van der Waals surface area contributed by atoms with Crippen LogP contribution in [0.3, 0.4) is 0 Å². The molecule has 0 bridgehead atoms. The molecule has 1 heterocycles. The van der Waals surface area contributed by atoms with Crippen LogP contribution in [0.2, 0.25) is 0 Å². The van der Waals surface area contributed by atoms with Gasteiger partial charge in [-0.15, -0.1) is 11.3 Å². The molecule has 96 valence electrons. The Kier molecular flexibility index (Phi) is 4.73. The lowest BCUT2D eigenvalue weighted by atomic mass is 10.2. The minimum atomic E-state index is 0.275. The van der Waals surface area contributed by atoms with E-state index >= 15 is 0 Å². The van der Waals surface area contributed by atoms with Gasteiger partial charge in [-0.25, -0.2) is 4.98 Å². The molecule has 0 amide bonds. The molecular weight excluding hydrogens is 244 g/mol. The quantitative estimate of drug-likeness (QED) is 0.812. The second kappa shape index (κ2) is 6.52. The zero-order valence-corrected chi connectivity index (χ0v) is 11.5. The van der Waals surface area contributed by atoms with E-state index in [0.717, 1.165) is 18.0 Å². The van der Waals surface area contributed by atoms with Crippen molar-refractivity contribution in [3.8, 4) is 5.75 Å². The molecule has 0 aliphatic carbocycles. The maximum atomic E-state index is 5.67. The van der Waals surface area contributed by atoms with Gasteiger partial charge in [0.05, 0.1) is 11.2 Å². The summed E-state index contributed by atoms with van der Waals surface area (Å²) in [5.41, 5.74) is 4.17. The molecule has 0 fully saturated rings. The minimum absolute atomic E-state index is 0.275. The summed E-state index contributed by atoms with van der Waals surface area (Å²) in [5.74, 6) is 0.929. The maximum Gasteiger partial charge on any atom is 0.119 e. The van der Waals surface area contributed by atoms with Crippen LogP contribution in [0.4, 0.5) is 0 Å². The van der Waals surface area contributed by atoms with Gasteiger partial charge in [-0.1, -0.05) is 12.1 Å². The number of aromatic nitrogens is 1. The molecule has 0 aliphatic heterocycles. The Morgan fingerprint density at radius 1 is 1.44 bits per heavy atom. The van der Waals surface area contributed by atoms with Crippen LogP contribution < -0.4 is 10.1 Å². The van der Waals surface area contributed by atoms with Gasteiger partial charge < -0.3 is 10.1 Å². The van der Waals surface area contributed by atoms with E-state index in [1.54, 1.807) is 11.3 Å². The molecule has 0 aliphatic rings. The van der Waals surface area contributed by atoms with Gasteiger partial charge in [0, 0.05) is 18.0 Å². The zero-order valence-electron chi connectivity index (χ0n) is 10.7. The normalized spacial score (nSPS) is 12.3. The van der Waals surface area contributed by atoms with Crippen molar-refractivity contribution >= 4 is 11.3 Å². The lowest BCUT2D eigenvalue weighted by Crippen LogP contribution is -2.24. The van der Waals surface area contributed by atoms with Crippen molar-refractivity contribution in [2.24, 2.45) is 0 Å². The predicted molar refractivity (Wildman–Crippen MR) is 75.2 cm³/mol. The van der Waals surface area contributed by atoms with E-state index in [0.29, 0.717) is 6.61 Å². The summed E-state index contributed by atoms with van der Waals surface area (Å²) in [6.07, 6.45) is 0. The first-order chi connectivity index (χ1) is 8.75. The lowest BCUT2D eigenvalue weighted by molar-refractivity contribution is 0.307. The van der Waals surface area contributed by atoms with E-state index in [1.165, 1.54) is 5.56 Å². The second-order valence-corrected chi connectivity index (χ2v) is 4.97. The fourth-order valence-corrected chi connectivity index (χ4v) is 2.34. The summed E-state index contributed by atoms with van der Waals surface area (Å²) in [4.78, 5) is 4.28. The Bertz CT molecular complexity index is 470. The Morgan fingerprint density at radius 3 is 3.06 bits per heavy atom. The van der Waals surface area contributed by atoms with Crippen LogP contribution in [0, 0.1) is 6.92 Å². The van der Waals surface area contributed by atoms with E-state index in [1.807, 2.05) is 23.7 Å². The fraction of sp³-hybridized carbons (Fsp3) is 0.357. The van der Waals surface area contributed by atoms with Crippen molar-refractivity contribution in [2.75, 3.05) is 13.2 Å². The topological polar surface area (TPSA) is 34.1 Å². The molecule has 0 saturated heterocycles. The molecule has 0 saturated carbocycles. The summed E-state index contributed by atoms with van der Waals surface area (Å²) >= 11 is 1.62. The van der Waals surface area contributed by atoms with E-state index in [4.69, 9.17) is 4.74 Å². The monoisotopic (exact) mass is 262 g/mol. The smallest absolute Gasteiger partial charge is 0.119 e. The van der Waals surface area contributed by atoms with Gasteiger partial charge in [0.25, 0.3) is 0 Å². The molecule has 18 heavy (non-hydrogen) atoms. The van der Waals surface area contributed by atoms with Gasteiger partial charge >= 0.3 is 0 Å². The zero-order chi connectivity index (χ0) is 12.8. The van der Waals surface area contributed by atoms with Crippen molar-refractivity contribution in [3.63, 3.8) is 0 Å². The van der Waals surface area contributed by atoms with Crippen molar-refractivity contribution in [1.82, 2.24) is 10.3 Å². The second-order valence-electron chi connectivity index (χ2n) is 4.25. The molecule has 2 aromatic rings. The number of nitrogens with one attached hydrogen (secondary N) is 1. The van der Waals surface area contributed by atoms with Crippen molar-refractivity contribution in [1.29, 1.82) is 0 Å². The highest BCUT2D eigenvalue weighted by atomic mass is 32.1. The number of rotatable bonds is 6. The summed E-state index contributed by atoms with van der Waals surface area (Å²) in [6.45, 7) is 5.65. The van der Waals surface area contributed by atoms with Gasteiger partial charge in [-0.2, -0.15) is 0 Å². The SMILES string of the molecule is Cc1cccc(OCCNC(C)c2cscn2)c1. The molecule has 1 N–H and O–H groups in total. The molecule has 1 aromatic carbocycles. The molecule has 1 aromatic heterocycles. The van der Waals surface area contributed by atoms with Crippen LogP contribution in [0.25, 0.3) is 0 Å². The van der Waals surface area contributed by atoms with Crippen LogP contribution in [0.1, 0.15) is 24.2 Å². The molecule has 1 unspecified atom stereocenters. The number of benzene rings is 1. The molecule has 0 radical (unpaired) electrons. The highest BCUT2D eigenvalue weighted by Gasteiger charge is 2.05. The molecule has 0 spiro atoms. The highest BCUT2D eigenvalue weighted by Crippen LogP contribution is 2.13. The van der Waals surface area contributed by atoms with E-state index in [-0.39, 0.29) is 6.04 Å². The van der Waals surface area contributed by atoms with Crippen LogP contribution in [0.15, 0.2) is 35.2 Å². The standard InChI is InChI=1S/C14H18N2OS/c1-11-4-3-5-13(8-11)17-7-6-15-12(2)14-9-18-10-16-14/h3-5,8-10,12,15H,6-7H2,1-2H3. The lowest BCUT2D eigenvalue weighted by Gasteiger charge is -2.12. The van der Waals surface area contributed by atoms with Crippen molar-refractivity contribution < 1.29 is 4.74 Å². The van der Waals surface area contributed by atoms with Crippen LogP contribution >= 0.6 is 11.3 Å². The number of aryl methyl sites for hydroxylation is 1. The Labute approximate surface area is 112 Å². The number of ether oxygens (including phenoxy) is 1. The van der Waals surface area contributed by atoms with Crippen molar-refractivity contribution in [3.05, 3.63) is 46.4 Å². The summed E-state index contributed by atoms with van der Waals surface area (Å²) in [5, 5.41) is 5.46. The molecule has 3 nitrogen and oxygen atoms in total. The Morgan fingerprint density at radius 2 is 2.33 bits per heavy atom. The van der Waals surface area contributed by atoms with E-state index < -0.39 is 0 Å². The Hall–Kier alpha value is -1.39. The summed E-state index contributed by atoms with van der Waals surface area (Å²) < 4.78 is 5.67. The van der Waals surface area contributed by atoms with Gasteiger partial charge in [0.2, 0.25) is 0 Å². The summed E-state index contributed by atoms with van der Waals surface area (Å²) in [7, 11) is 0. The van der Waals surface area contributed by atoms with Crippen LogP contribution in [-0.2, 0) is 0 Å². The van der Waals surface area contributed by atoms with E-state index in [2.05, 4.69) is 35.6 Å². The van der Waals surface area contributed by atoms with Crippen LogP contribution in [0.5, 0.6) is 5.75 Å². The average Bonchev–Trinajstić information content (AvgIpc) is 2.88. The third kappa shape index (κ3) is 3.82. The highest BCUT2D eigenvalue weighted by molar-refractivity contribution is 7.07. The van der Waals surface area contributed by atoms with Gasteiger partial charge in [-0.3, -0.25) is 0 Å². The van der Waals surface area contributed by atoms with Crippen LogP contribution in [-0.4, -0.2) is 18.1 Å². The number of nitrogens with zero attached hydrogens (tertiary/aromatic N) is 1. The van der Waals surface area contributed by atoms with Gasteiger partial charge in [-0.05, 0) is 31.5 Å². The fourth-order valence-electron chi connectivity index (χ4n) is 1.69. The Balaban J connectivity index is 1.70. The molecule has 1 atom stereocenters. The van der Waals surface area contributed by atoms with E-state index in [9.17, 15) is 0 Å². The molecule has 2 rings (SSSR count). The first-order valence-electron chi connectivity index (χ1n) is 6.06. The average molecular weight is 262 g/mol. The summed E-state index contributed by atoms with van der Waals surface area (Å²) in [6, 6.07) is 8.38. The molecule has 4 heteroatoms. The number of hydrogen-bond donors (Lipinski definition) is 1. The number of hydrogen-bond acceptors (Lipinski definition) is 4. The first kappa shape index (κ1) is 13.1. The minimum Gasteiger partial charge on any atom is -0.492 e. The third-order valence-electron chi connectivity index (χ3n) is 2.71. The predicted octanol–water partition coefficient (Wildman–Crippen LogP) is 3.18. The van der Waals surface area contributed by atoms with Gasteiger partial charge in [0.15, 0.2) is 0 Å². The largest absolute Gasteiger partial charge is 0.492 e. The number of thiazole rings is 1. The maximum absolute atomic E-state index is 5.67. The van der Waals surface area contributed by atoms with Crippen molar-refractivity contribution in [2.45, 2.75) is 19.9 Å². The molecular formula is C14H18N2OS. The first-order valence-corrected chi connectivity index (χ1v) is 7.01. The third-order valence-corrected chi connectivity index (χ3v) is 3.31.